The van der Waals surface area contributed by atoms with Gasteiger partial charge in [-0.15, -0.1) is 0 Å². The lowest BCUT2D eigenvalue weighted by atomic mass is 10.2. The summed E-state index contributed by atoms with van der Waals surface area (Å²) in [5, 5.41) is 0. The molecule has 1 N–H and O–H groups in total. The molecule has 0 atom stereocenters. The smallest absolute Gasteiger partial charge is 0.229 e. The molecule has 0 saturated carbocycles. The molecular weight excluding hydrogens is 276 g/mol. The number of benzene rings is 2. The molecule has 0 fully saturated rings. The molecule has 0 saturated heterocycles. The Morgan fingerprint density at radius 2 is 1.90 bits per heavy atom. The standard InChI is InChI=1S/C14H12N2O3S/c1-20(17,18)16-11-6-7-14-12(8-11)15-9-10-4-2-3-5-13(10)19-14/h2-9,16H,1H3. The molecular formula is C14H12N2O3S. The lowest BCUT2D eigenvalue weighted by Crippen LogP contribution is -2.09. The summed E-state index contributed by atoms with van der Waals surface area (Å²) in [5.41, 5.74) is 1.91. The predicted octanol–water partition coefficient (Wildman–Crippen LogP) is 2.91. The van der Waals surface area contributed by atoms with Gasteiger partial charge < -0.3 is 4.74 Å². The molecule has 5 nitrogen and oxygen atoms in total. The van der Waals surface area contributed by atoms with Crippen LogP contribution in [-0.4, -0.2) is 20.9 Å². The van der Waals surface area contributed by atoms with Gasteiger partial charge in [-0.25, -0.2) is 8.42 Å². The van der Waals surface area contributed by atoms with Crippen LogP contribution in [0.2, 0.25) is 0 Å². The van der Waals surface area contributed by atoms with Crippen LogP contribution in [0.5, 0.6) is 11.5 Å². The minimum atomic E-state index is -3.31. The summed E-state index contributed by atoms with van der Waals surface area (Å²) in [5.74, 6) is 1.31. The lowest BCUT2D eigenvalue weighted by molar-refractivity contribution is 0.485. The number of nitrogens with one attached hydrogen (secondary N) is 1. The third-order valence-electron chi connectivity index (χ3n) is 2.74. The van der Waals surface area contributed by atoms with Crippen LogP contribution in [0.3, 0.4) is 0 Å². The second-order valence-corrected chi connectivity index (χ2v) is 6.20. The van der Waals surface area contributed by atoms with Crippen molar-refractivity contribution < 1.29 is 13.2 Å². The lowest BCUT2D eigenvalue weighted by Gasteiger charge is -2.09. The average Bonchev–Trinajstić information content (AvgIpc) is 2.56. The number of nitrogens with zero attached hydrogens (tertiary/aromatic N) is 1. The van der Waals surface area contributed by atoms with Crippen LogP contribution in [0.4, 0.5) is 11.4 Å². The van der Waals surface area contributed by atoms with Gasteiger partial charge in [0.05, 0.1) is 11.9 Å². The molecule has 0 aromatic heterocycles. The first-order chi connectivity index (χ1) is 9.51. The molecule has 0 unspecified atom stereocenters. The van der Waals surface area contributed by atoms with E-state index in [1.165, 1.54) is 0 Å². The van der Waals surface area contributed by atoms with Crippen molar-refractivity contribution in [3.05, 3.63) is 48.0 Å². The second kappa shape index (κ2) is 4.64. The summed E-state index contributed by atoms with van der Waals surface area (Å²) >= 11 is 0. The van der Waals surface area contributed by atoms with Gasteiger partial charge in [0.25, 0.3) is 0 Å². The van der Waals surface area contributed by atoms with E-state index in [9.17, 15) is 8.42 Å². The van der Waals surface area contributed by atoms with Crippen LogP contribution in [-0.2, 0) is 10.0 Å². The Morgan fingerprint density at radius 3 is 2.70 bits per heavy atom. The highest BCUT2D eigenvalue weighted by atomic mass is 32.2. The first kappa shape index (κ1) is 12.7. The normalized spacial score (nSPS) is 12.8. The molecule has 1 aliphatic rings. The van der Waals surface area contributed by atoms with Crippen LogP contribution >= 0.6 is 0 Å². The van der Waals surface area contributed by atoms with E-state index < -0.39 is 10.0 Å². The van der Waals surface area contributed by atoms with Gasteiger partial charge in [-0.1, -0.05) is 12.1 Å². The fraction of sp³-hybridized carbons (Fsp3) is 0.0714. The van der Waals surface area contributed by atoms with Crippen molar-refractivity contribution in [1.82, 2.24) is 0 Å². The third-order valence-corrected chi connectivity index (χ3v) is 3.35. The largest absolute Gasteiger partial charge is 0.454 e. The SMILES string of the molecule is CS(=O)(=O)Nc1ccc2c(c1)N=Cc1ccccc1O2. The minimum Gasteiger partial charge on any atom is -0.454 e. The Kier molecular flexibility index (Phi) is 2.94. The van der Waals surface area contributed by atoms with E-state index in [-0.39, 0.29) is 0 Å². The van der Waals surface area contributed by atoms with Gasteiger partial charge in [0.1, 0.15) is 11.4 Å². The van der Waals surface area contributed by atoms with Crippen molar-refractivity contribution in [3.63, 3.8) is 0 Å². The molecule has 0 bridgehead atoms. The van der Waals surface area contributed by atoms with E-state index in [1.807, 2.05) is 24.3 Å². The summed E-state index contributed by atoms with van der Waals surface area (Å²) in [4.78, 5) is 4.33. The van der Waals surface area contributed by atoms with E-state index in [0.29, 0.717) is 17.1 Å². The van der Waals surface area contributed by atoms with Gasteiger partial charge >= 0.3 is 0 Å². The van der Waals surface area contributed by atoms with Gasteiger partial charge in [0.15, 0.2) is 5.75 Å². The third kappa shape index (κ3) is 2.65. The number of aliphatic imine (C=N–C) groups is 1. The maximum absolute atomic E-state index is 11.2. The number of hydrogen-bond donors (Lipinski definition) is 1. The Labute approximate surface area is 117 Å². The van der Waals surface area contributed by atoms with E-state index in [1.54, 1.807) is 24.4 Å². The summed E-state index contributed by atoms with van der Waals surface area (Å²) in [6, 6.07) is 12.5. The molecule has 102 valence electrons. The summed E-state index contributed by atoms with van der Waals surface area (Å²) in [6.45, 7) is 0. The number of rotatable bonds is 2. The Morgan fingerprint density at radius 1 is 1.10 bits per heavy atom. The number of hydrogen-bond acceptors (Lipinski definition) is 4. The van der Waals surface area contributed by atoms with Crippen molar-refractivity contribution in [2.24, 2.45) is 4.99 Å². The van der Waals surface area contributed by atoms with Crippen molar-refractivity contribution in [2.45, 2.75) is 0 Å². The average molecular weight is 288 g/mol. The summed E-state index contributed by atoms with van der Waals surface area (Å²) < 4.78 is 30.7. The van der Waals surface area contributed by atoms with E-state index in [4.69, 9.17) is 4.74 Å². The fourth-order valence-electron chi connectivity index (χ4n) is 1.92. The molecule has 1 heterocycles. The zero-order valence-corrected chi connectivity index (χ0v) is 11.5. The quantitative estimate of drug-likeness (QED) is 0.788. The van der Waals surface area contributed by atoms with Crippen LogP contribution in [0.15, 0.2) is 47.5 Å². The van der Waals surface area contributed by atoms with Crippen molar-refractivity contribution in [2.75, 3.05) is 11.0 Å². The number of ether oxygens (including phenoxy) is 1. The number of sulfonamides is 1. The van der Waals surface area contributed by atoms with Crippen LogP contribution in [0.1, 0.15) is 5.56 Å². The Balaban J connectivity index is 2.02. The molecule has 0 amide bonds. The Hall–Kier alpha value is -2.34. The molecule has 1 aliphatic heterocycles. The first-order valence-corrected chi connectivity index (χ1v) is 7.83. The number of para-hydroxylation sites is 1. The summed E-state index contributed by atoms with van der Waals surface area (Å²) in [6.07, 6.45) is 2.81. The molecule has 20 heavy (non-hydrogen) atoms. The van der Waals surface area contributed by atoms with E-state index >= 15 is 0 Å². The van der Waals surface area contributed by atoms with Gasteiger partial charge in [-0.2, -0.15) is 0 Å². The van der Waals surface area contributed by atoms with Gasteiger partial charge in [0.2, 0.25) is 10.0 Å². The highest BCUT2D eigenvalue weighted by molar-refractivity contribution is 7.92. The number of anilines is 1. The van der Waals surface area contributed by atoms with E-state index in [0.717, 1.165) is 17.6 Å². The van der Waals surface area contributed by atoms with Gasteiger partial charge in [-0.3, -0.25) is 9.71 Å². The molecule has 0 spiro atoms. The first-order valence-electron chi connectivity index (χ1n) is 5.94. The van der Waals surface area contributed by atoms with Crippen LogP contribution in [0.25, 0.3) is 0 Å². The van der Waals surface area contributed by atoms with Crippen LogP contribution in [0, 0.1) is 0 Å². The molecule has 6 heteroatoms. The maximum Gasteiger partial charge on any atom is 0.229 e. The predicted molar refractivity (Wildman–Crippen MR) is 78.7 cm³/mol. The zero-order valence-electron chi connectivity index (χ0n) is 10.7. The van der Waals surface area contributed by atoms with Gasteiger partial charge in [0, 0.05) is 11.8 Å². The molecule has 2 aromatic carbocycles. The number of fused-ring (bicyclic) bond motifs is 2. The van der Waals surface area contributed by atoms with Gasteiger partial charge in [-0.05, 0) is 30.3 Å². The molecule has 0 radical (unpaired) electrons. The minimum absolute atomic E-state index is 0.456. The van der Waals surface area contributed by atoms with Crippen molar-refractivity contribution in [3.8, 4) is 11.5 Å². The molecule has 3 rings (SSSR count). The summed E-state index contributed by atoms with van der Waals surface area (Å²) in [7, 11) is -3.31. The second-order valence-electron chi connectivity index (χ2n) is 4.45. The Bertz CT molecular complexity index is 798. The zero-order chi connectivity index (χ0) is 14.2. The van der Waals surface area contributed by atoms with Crippen molar-refractivity contribution in [1.29, 1.82) is 0 Å². The fourth-order valence-corrected chi connectivity index (χ4v) is 2.47. The molecule has 0 aliphatic carbocycles. The topological polar surface area (TPSA) is 67.8 Å². The maximum atomic E-state index is 11.2. The highest BCUT2D eigenvalue weighted by Crippen LogP contribution is 2.37. The monoisotopic (exact) mass is 288 g/mol. The van der Waals surface area contributed by atoms with E-state index in [2.05, 4.69) is 9.71 Å². The highest BCUT2D eigenvalue weighted by Gasteiger charge is 2.12. The van der Waals surface area contributed by atoms with Crippen LogP contribution < -0.4 is 9.46 Å². The molecule has 2 aromatic rings. The van der Waals surface area contributed by atoms with Crippen molar-refractivity contribution >= 4 is 27.6 Å².